The Hall–Kier alpha value is -2.37. The summed E-state index contributed by atoms with van der Waals surface area (Å²) in [7, 11) is 0. The fourth-order valence-electron chi connectivity index (χ4n) is 1.59. The van der Waals surface area contributed by atoms with Crippen LogP contribution in [0.15, 0.2) is 18.2 Å². The molecular formula is C12H12N2O4. The molecule has 0 aromatic heterocycles. The van der Waals surface area contributed by atoms with Crippen LogP contribution in [0.5, 0.6) is 5.75 Å². The number of nitrogens with one attached hydrogen (secondary N) is 2. The first-order chi connectivity index (χ1) is 8.54. The summed E-state index contributed by atoms with van der Waals surface area (Å²) in [6, 6.07) is 4.89. The lowest BCUT2D eigenvalue weighted by Crippen LogP contribution is -2.25. The zero-order valence-corrected chi connectivity index (χ0v) is 9.78. The summed E-state index contributed by atoms with van der Waals surface area (Å²) in [5, 5.41) is 5.20. The van der Waals surface area contributed by atoms with Gasteiger partial charge in [0.2, 0.25) is 5.91 Å². The third-order valence-electron chi connectivity index (χ3n) is 2.31. The van der Waals surface area contributed by atoms with Crippen LogP contribution in [0.3, 0.4) is 0 Å². The van der Waals surface area contributed by atoms with Gasteiger partial charge in [-0.05, 0) is 25.1 Å². The van der Waals surface area contributed by atoms with Crippen LogP contribution in [0, 0.1) is 0 Å². The van der Waals surface area contributed by atoms with E-state index in [-0.39, 0.29) is 30.6 Å². The number of ether oxygens (including phenoxy) is 1. The van der Waals surface area contributed by atoms with E-state index >= 15 is 0 Å². The molecule has 6 heteroatoms. The molecule has 0 atom stereocenters. The number of hydrogen-bond donors (Lipinski definition) is 2. The van der Waals surface area contributed by atoms with Crippen molar-refractivity contribution in [1.82, 2.24) is 0 Å². The van der Waals surface area contributed by atoms with Crippen molar-refractivity contribution < 1.29 is 19.1 Å². The van der Waals surface area contributed by atoms with Crippen LogP contribution >= 0.6 is 0 Å². The summed E-state index contributed by atoms with van der Waals surface area (Å²) >= 11 is 0. The van der Waals surface area contributed by atoms with E-state index in [4.69, 9.17) is 4.74 Å². The van der Waals surface area contributed by atoms with Crippen LogP contribution in [0.4, 0.5) is 11.4 Å². The number of benzene rings is 1. The Balaban J connectivity index is 2.11. The molecule has 0 fully saturated rings. The van der Waals surface area contributed by atoms with Crippen LogP contribution in [0.1, 0.15) is 13.3 Å². The Kier molecular flexibility index (Phi) is 3.27. The highest BCUT2D eigenvalue weighted by molar-refractivity contribution is 6.04. The van der Waals surface area contributed by atoms with Crippen LogP contribution in [0.25, 0.3) is 0 Å². The Labute approximate surface area is 103 Å². The van der Waals surface area contributed by atoms with Crippen molar-refractivity contribution in [2.45, 2.75) is 13.3 Å². The highest BCUT2D eigenvalue weighted by atomic mass is 16.5. The third kappa shape index (κ3) is 2.85. The van der Waals surface area contributed by atoms with Crippen molar-refractivity contribution in [3.8, 4) is 5.75 Å². The second-order valence-corrected chi connectivity index (χ2v) is 3.97. The second-order valence-electron chi connectivity index (χ2n) is 3.97. The lowest BCUT2D eigenvalue weighted by molar-refractivity contribution is -0.124. The molecule has 6 nitrogen and oxygen atoms in total. The van der Waals surface area contributed by atoms with Crippen molar-refractivity contribution in [3.05, 3.63) is 18.2 Å². The smallest absolute Gasteiger partial charge is 0.262 e. The number of anilines is 2. The van der Waals surface area contributed by atoms with Gasteiger partial charge in [-0.25, -0.2) is 0 Å². The van der Waals surface area contributed by atoms with E-state index in [1.165, 1.54) is 6.92 Å². The highest BCUT2D eigenvalue weighted by Gasteiger charge is 2.16. The van der Waals surface area contributed by atoms with E-state index in [1.807, 2.05) is 0 Å². The van der Waals surface area contributed by atoms with E-state index < -0.39 is 0 Å². The Morgan fingerprint density at radius 1 is 1.44 bits per heavy atom. The number of carbonyl (C=O) groups excluding carboxylic acids is 3. The summed E-state index contributed by atoms with van der Waals surface area (Å²) in [5.41, 5.74) is 1.01. The molecule has 1 aromatic rings. The number of carbonyl (C=O) groups is 3. The molecule has 1 aliphatic rings. The third-order valence-corrected chi connectivity index (χ3v) is 2.31. The first-order valence-electron chi connectivity index (χ1n) is 5.40. The SMILES string of the molecule is CC(=O)CC(=O)Nc1ccc2c(c1)NC(=O)CO2. The Morgan fingerprint density at radius 3 is 2.94 bits per heavy atom. The number of amides is 2. The number of Topliss-reactive ketones (excluding diaryl/α,β-unsaturated/α-hetero) is 1. The zero-order chi connectivity index (χ0) is 13.1. The van der Waals surface area contributed by atoms with Gasteiger partial charge in [-0.2, -0.15) is 0 Å². The highest BCUT2D eigenvalue weighted by Crippen LogP contribution is 2.30. The molecule has 18 heavy (non-hydrogen) atoms. The standard InChI is InChI=1S/C12H12N2O4/c1-7(15)4-11(16)13-8-2-3-10-9(5-8)14-12(17)6-18-10/h2-3,5H,4,6H2,1H3,(H,13,16)(H,14,17). The van der Waals surface area contributed by atoms with Crippen molar-refractivity contribution in [2.75, 3.05) is 17.2 Å². The maximum atomic E-state index is 11.4. The second kappa shape index (κ2) is 4.87. The van der Waals surface area contributed by atoms with Crippen LogP contribution in [-0.2, 0) is 14.4 Å². The van der Waals surface area contributed by atoms with Crippen molar-refractivity contribution >= 4 is 29.0 Å². The summed E-state index contributed by atoms with van der Waals surface area (Å²) in [6.45, 7) is 1.34. The molecule has 0 bridgehead atoms. The minimum Gasteiger partial charge on any atom is -0.482 e. The number of hydrogen-bond acceptors (Lipinski definition) is 4. The average Bonchev–Trinajstić information content (AvgIpc) is 2.27. The van der Waals surface area contributed by atoms with E-state index in [1.54, 1.807) is 18.2 Å². The van der Waals surface area contributed by atoms with Crippen LogP contribution < -0.4 is 15.4 Å². The van der Waals surface area contributed by atoms with Crippen LogP contribution in [0.2, 0.25) is 0 Å². The van der Waals surface area contributed by atoms with E-state index in [2.05, 4.69) is 10.6 Å². The van der Waals surface area contributed by atoms with E-state index in [0.717, 1.165) is 0 Å². The predicted octanol–water partition coefficient (Wildman–Crippen LogP) is 0.935. The Morgan fingerprint density at radius 2 is 2.22 bits per heavy atom. The molecule has 0 saturated carbocycles. The van der Waals surface area contributed by atoms with Gasteiger partial charge in [0.25, 0.3) is 5.91 Å². The van der Waals surface area contributed by atoms with Crippen molar-refractivity contribution in [1.29, 1.82) is 0 Å². The Bertz CT molecular complexity index is 525. The molecule has 2 rings (SSSR count). The van der Waals surface area contributed by atoms with Crippen molar-refractivity contribution in [2.24, 2.45) is 0 Å². The van der Waals surface area contributed by atoms with Gasteiger partial charge in [0, 0.05) is 5.69 Å². The topological polar surface area (TPSA) is 84.5 Å². The molecule has 2 N–H and O–H groups in total. The first-order valence-corrected chi connectivity index (χ1v) is 5.40. The van der Waals surface area contributed by atoms with Gasteiger partial charge in [0.1, 0.15) is 11.5 Å². The fourth-order valence-corrected chi connectivity index (χ4v) is 1.59. The molecule has 0 radical (unpaired) electrons. The van der Waals surface area contributed by atoms with Gasteiger partial charge in [0.15, 0.2) is 6.61 Å². The zero-order valence-electron chi connectivity index (χ0n) is 9.78. The molecule has 0 saturated heterocycles. The van der Waals surface area contributed by atoms with Gasteiger partial charge in [0.05, 0.1) is 12.1 Å². The van der Waals surface area contributed by atoms with E-state index in [9.17, 15) is 14.4 Å². The number of ketones is 1. The molecule has 0 unspecified atom stereocenters. The van der Waals surface area contributed by atoms with E-state index in [0.29, 0.717) is 17.1 Å². The maximum Gasteiger partial charge on any atom is 0.262 e. The van der Waals surface area contributed by atoms with Gasteiger partial charge in [-0.15, -0.1) is 0 Å². The maximum absolute atomic E-state index is 11.4. The normalized spacial score (nSPS) is 13.1. The van der Waals surface area contributed by atoms with Gasteiger partial charge in [-0.1, -0.05) is 0 Å². The van der Waals surface area contributed by atoms with Gasteiger partial charge < -0.3 is 15.4 Å². The largest absolute Gasteiger partial charge is 0.482 e. The monoisotopic (exact) mass is 248 g/mol. The minimum absolute atomic E-state index is 0.0109. The lowest BCUT2D eigenvalue weighted by atomic mass is 10.2. The molecule has 1 aliphatic heterocycles. The molecule has 2 amide bonds. The van der Waals surface area contributed by atoms with Gasteiger partial charge >= 0.3 is 0 Å². The molecule has 94 valence electrons. The average molecular weight is 248 g/mol. The van der Waals surface area contributed by atoms with Crippen LogP contribution in [-0.4, -0.2) is 24.2 Å². The summed E-state index contributed by atoms with van der Waals surface area (Å²) < 4.78 is 5.18. The fraction of sp³-hybridized carbons (Fsp3) is 0.250. The molecule has 0 spiro atoms. The molecule has 1 heterocycles. The first kappa shape index (κ1) is 12.1. The molecular weight excluding hydrogens is 236 g/mol. The molecule has 1 aromatic carbocycles. The molecule has 0 aliphatic carbocycles. The minimum atomic E-state index is -0.384. The predicted molar refractivity (Wildman–Crippen MR) is 64.5 cm³/mol. The number of fused-ring (bicyclic) bond motifs is 1. The summed E-state index contributed by atoms with van der Waals surface area (Å²) in [5.74, 6) is -0.276. The summed E-state index contributed by atoms with van der Waals surface area (Å²) in [4.78, 5) is 33.3. The van der Waals surface area contributed by atoms with Crippen molar-refractivity contribution in [3.63, 3.8) is 0 Å². The van der Waals surface area contributed by atoms with Gasteiger partial charge in [-0.3, -0.25) is 14.4 Å². The summed E-state index contributed by atoms with van der Waals surface area (Å²) in [6.07, 6.45) is -0.167. The lowest BCUT2D eigenvalue weighted by Gasteiger charge is -2.18. The number of rotatable bonds is 3. The quantitative estimate of drug-likeness (QED) is 0.779.